The van der Waals surface area contributed by atoms with Gasteiger partial charge >= 0.3 is 12.3 Å². The van der Waals surface area contributed by atoms with Crippen molar-refractivity contribution in [3.63, 3.8) is 0 Å². The molecule has 0 aliphatic carbocycles. The van der Waals surface area contributed by atoms with Crippen LogP contribution in [-0.2, 0) is 4.74 Å². The molecule has 1 amide bonds. The van der Waals surface area contributed by atoms with E-state index in [0.29, 0.717) is 13.0 Å². The maximum atomic E-state index is 12.8. The van der Waals surface area contributed by atoms with Gasteiger partial charge in [0.2, 0.25) is 6.23 Å². The molecule has 1 fully saturated rings. The van der Waals surface area contributed by atoms with Crippen LogP contribution in [0.2, 0.25) is 0 Å². The lowest BCUT2D eigenvalue weighted by atomic mass is 10.0. The zero-order valence-electron chi connectivity index (χ0n) is 14.3. The van der Waals surface area contributed by atoms with Crippen LogP contribution in [0.25, 0.3) is 0 Å². The van der Waals surface area contributed by atoms with Crippen LogP contribution in [0.1, 0.15) is 40.0 Å². The topological polar surface area (TPSA) is 73.2 Å². The lowest BCUT2D eigenvalue weighted by Gasteiger charge is -2.40. The predicted molar refractivity (Wildman–Crippen MR) is 81.3 cm³/mol. The van der Waals surface area contributed by atoms with Crippen LogP contribution in [0, 0.1) is 0 Å². The fraction of sp³-hybridized carbons (Fsp3) is 0.933. The number of likely N-dealkylation sites (tertiary alicyclic amines) is 1. The summed E-state index contributed by atoms with van der Waals surface area (Å²) in [6.07, 6.45) is -6.02. The standard InChI is InChI=1S/C15H27F3N2O4/c1-14(2,3)24-13(23)20-7-5-4-6-11(20)10-19(8-9-21)12(22)15(16,17)18/h11-12,21-22H,4-10H2,1-3H3/t11-,12?/m0/s1. The van der Waals surface area contributed by atoms with Gasteiger partial charge in [-0.15, -0.1) is 0 Å². The Bertz CT molecular complexity index is 413. The molecule has 142 valence electrons. The number of alkyl halides is 3. The van der Waals surface area contributed by atoms with Gasteiger partial charge in [0.1, 0.15) is 5.60 Å². The largest absolute Gasteiger partial charge is 0.444 e. The van der Waals surface area contributed by atoms with Crippen molar-refractivity contribution in [3.8, 4) is 0 Å². The van der Waals surface area contributed by atoms with Crippen LogP contribution in [0.15, 0.2) is 0 Å². The SMILES string of the molecule is CC(C)(C)OC(=O)N1CCCC[C@H]1CN(CCO)C(O)C(F)(F)F. The third kappa shape index (κ3) is 6.45. The molecule has 1 aliphatic rings. The minimum absolute atomic E-state index is 0.180. The highest BCUT2D eigenvalue weighted by molar-refractivity contribution is 5.68. The van der Waals surface area contributed by atoms with Crippen molar-refractivity contribution < 1.29 is 32.9 Å². The molecule has 1 unspecified atom stereocenters. The number of carbonyl (C=O) groups is 1. The first kappa shape index (κ1) is 21.0. The summed E-state index contributed by atoms with van der Waals surface area (Å²) in [5, 5.41) is 18.5. The van der Waals surface area contributed by atoms with E-state index in [9.17, 15) is 23.1 Å². The van der Waals surface area contributed by atoms with Gasteiger partial charge in [0.25, 0.3) is 0 Å². The monoisotopic (exact) mass is 356 g/mol. The first-order chi connectivity index (χ1) is 11.0. The number of nitrogens with zero attached hydrogens (tertiary/aromatic N) is 2. The molecule has 0 aromatic rings. The van der Waals surface area contributed by atoms with Gasteiger partial charge < -0.3 is 19.8 Å². The van der Waals surface area contributed by atoms with Gasteiger partial charge in [-0.25, -0.2) is 4.79 Å². The van der Waals surface area contributed by atoms with Crippen molar-refractivity contribution in [3.05, 3.63) is 0 Å². The number of rotatable bonds is 5. The number of hydrogen-bond donors (Lipinski definition) is 2. The Kier molecular flexibility index (Phi) is 7.30. The molecule has 0 bridgehead atoms. The Morgan fingerprint density at radius 2 is 1.96 bits per heavy atom. The van der Waals surface area contributed by atoms with Crippen molar-refractivity contribution in [2.45, 2.75) is 64.1 Å². The molecule has 6 nitrogen and oxygen atoms in total. The lowest BCUT2D eigenvalue weighted by Crippen LogP contribution is -2.55. The number of hydrogen-bond acceptors (Lipinski definition) is 5. The molecule has 0 aromatic carbocycles. The molecule has 1 saturated heterocycles. The van der Waals surface area contributed by atoms with E-state index in [-0.39, 0.29) is 13.1 Å². The van der Waals surface area contributed by atoms with Gasteiger partial charge in [0.05, 0.1) is 6.61 Å². The van der Waals surface area contributed by atoms with Crippen LogP contribution >= 0.6 is 0 Å². The Hall–Kier alpha value is -1.06. The van der Waals surface area contributed by atoms with Gasteiger partial charge in [-0.3, -0.25) is 4.90 Å². The number of ether oxygens (including phenoxy) is 1. The molecular formula is C15H27F3N2O4. The maximum absolute atomic E-state index is 12.8. The van der Waals surface area contributed by atoms with Gasteiger partial charge in [-0.2, -0.15) is 13.2 Å². The number of carbonyl (C=O) groups excluding carboxylic acids is 1. The predicted octanol–water partition coefficient (Wildman–Crippen LogP) is 1.95. The number of piperidine rings is 1. The first-order valence-electron chi connectivity index (χ1n) is 8.05. The fourth-order valence-electron chi connectivity index (χ4n) is 2.67. The summed E-state index contributed by atoms with van der Waals surface area (Å²) in [5.74, 6) is 0. The minimum Gasteiger partial charge on any atom is -0.444 e. The summed E-state index contributed by atoms with van der Waals surface area (Å²) < 4.78 is 43.6. The second kappa shape index (κ2) is 8.35. The molecule has 1 aliphatic heterocycles. The van der Waals surface area contributed by atoms with Gasteiger partial charge in [-0.05, 0) is 40.0 Å². The molecule has 0 radical (unpaired) electrons. The normalized spacial score (nSPS) is 21.0. The third-order valence-electron chi connectivity index (χ3n) is 3.73. The first-order valence-corrected chi connectivity index (χ1v) is 8.05. The van der Waals surface area contributed by atoms with E-state index < -0.39 is 36.7 Å². The Labute approximate surface area is 140 Å². The molecule has 1 rings (SSSR count). The van der Waals surface area contributed by atoms with Crippen LogP contribution in [0.4, 0.5) is 18.0 Å². The highest BCUT2D eigenvalue weighted by atomic mass is 19.4. The molecule has 9 heteroatoms. The molecule has 2 atom stereocenters. The molecule has 0 spiro atoms. The molecule has 24 heavy (non-hydrogen) atoms. The maximum Gasteiger partial charge on any atom is 0.428 e. The number of aliphatic hydroxyl groups excluding tert-OH is 2. The van der Waals surface area contributed by atoms with Crippen molar-refractivity contribution in [1.29, 1.82) is 0 Å². The van der Waals surface area contributed by atoms with E-state index in [4.69, 9.17) is 9.84 Å². The van der Waals surface area contributed by atoms with E-state index in [0.717, 1.165) is 17.7 Å². The highest BCUT2D eigenvalue weighted by Crippen LogP contribution is 2.26. The Morgan fingerprint density at radius 1 is 1.33 bits per heavy atom. The summed E-state index contributed by atoms with van der Waals surface area (Å²) in [5.41, 5.74) is -0.699. The van der Waals surface area contributed by atoms with E-state index in [2.05, 4.69) is 0 Å². The summed E-state index contributed by atoms with van der Waals surface area (Å²) >= 11 is 0. The van der Waals surface area contributed by atoms with Gasteiger partial charge in [-0.1, -0.05) is 0 Å². The second-order valence-corrected chi connectivity index (χ2v) is 6.96. The average Bonchev–Trinajstić information content (AvgIpc) is 2.43. The second-order valence-electron chi connectivity index (χ2n) is 6.96. The molecule has 0 saturated carbocycles. The molecule has 2 N–H and O–H groups in total. The van der Waals surface area contributed by atoms with Crippen molar-refractivity contribution in [2.24, 2.45) is 0 Å². The minimum atomic E-state index is -4.82. The number of halogens is 3. The van der Waals surface area contributed by atoms with E-state index in [1.807, 2.05) is 0 Å². The number of amides is 1. The van der Waals surface area contributed by atoms with Gasteiger partial charge in [0.15, 0.2) is 0 Å². The molecular weight excluding hydrogens is 329 g/mol. The zero-order valence-corrected chi connectivity index (χ0v) is 14.3. The summed E-state index contributed by atoms with van der Waals surface area (Å²) in [7, 11) is 0. The Balaban J connectivity index is 2.83. The molecule has 0 aromatic heterocycles. The fourth-order valence-corrected chi connectivity index (χ4v) is 2.67. The Morgan fingerprint density at radius 3 is 2.46 bits per heavy atom. The smallest absolute Gasteiger partial charge is 0.428 e. The third-order valence-corrected chi connectivity index (χ3v) is 3.73. The average molecular weight is 356 g/mol. The highest BCUT2D eigenvalue weighted by Gasteiger charge is 2.43. The van der Waals surface area contributed by atoms with E-state index in [1.165, 1.54) is 4.90 Å². The van der Waals surface area contributed by atoms with Crippen LogP contribution in [-0.4, -0.2) is 76.4 Å². The molecule has 1 heterocycles. The summed E-state index contributed by atoms with van der Waals surface area (Å²) in [4.78, 5) is 14.4. The lowest BCUT2D eigenvalue weighted by molar-refractivity contribution is -0.252. The van der Waals surface area contributed by atoms with E-state index in [1.54, 1.807) is 20.8 Å². The number of aliphatic hydroxyl groups is 2. The van der Waals surface area contributed by atoms with Gasteiger partial charge in [0, 0.05) is 25.7 Å². The summed E-state index contributed by atoms with van der Waals surface area (Å²) in [6, 6.07) is -0.503. The van der Waals surface area contributed by atoms with Crippen LogP contribution in [0.5, 0.6) is 0 Å². The van der Waals surface area contributed by atoms with Crippen molar-refractivity contribution >= 4 is 6.09 Å². The van der Waals surface area contributed by atoms with Crippen LogP contribution < -0.4 is 0 Å². The van der Waals surface area contributed by atoms with E-state index >= 15 is 0 Å². The quantitative estimate of drug-likeness (QED) is 0.737. The summed E-state index contributed by atoms with van der Waals surface area (Å²) in [6.45, 7) is 4.51. The van der Waals surface area contributed by atoms with Crippen molar-refractivity contribution in [2.75, 3.05) is 26.2 Å². The van der Waals surface area contributed by atoms with Crippen molar-refractivity contribution in [1.82, 2.24) is 9.80 Å². The zero-order chi connectivity index (χ0) is 18.5. The van der Waals surface area contributed by atoms with Crippen LogP contribution in [0.3, 0.4) is 0 Å².